The quantitative estimate of drug-likeness (QED) is 0.834. The molecule has 19 heavy (non-hydrogen) atoms. The van der Waals surface area contributed by atoms with Crippen molar-refractivity contribution >= 4 is 5.97 Å². The molecule has 0 unspecified atom stereocenters. The highest BCUT2D eigenvalue weighted by Gasteiger charge is 2.09. The van der Waals surface area contributed by atoms with Crippen molar-refractivity contribution in [2.24, 2.45) is 0 Å². The maximum Gasteiger partial charge on any atom is 0.341 e. The zero-order valence-corrected chi connectivity index (χ0v) is 11.0. The van der Waals surface area contributed by atoms with Crippen LogP contribution in [0.5, 0.6) is 0 Å². The van der Waals surface area contributed by atoms with E-state index in [-0.39, 0.29) is 0 Å². The number of hydrogen-bond donors (Lipinski definition) is 1. The van der Waals surface area contributed by atoms with Crippen molar-refractivity contribution in [3.63, 3.8) is 0 Å². The Bertz CT molecular complexity index is 563. The molecule has 0 radical (unpaired) electrons. The van der Waals surface area contributed by atoms with Gasteiger partial charge in [0.2, 0.25) is 0 Å². The minimum atomic E-state index is -0.393. The lowest BCUT2D eigenvalue weighted by atomic mass is 10.3. The number of nitrogens with one attached hydrogen (secondary N) is 1. The number of pyridine rings is 1. The topological polar surface area (TPSA) is 64.4 Å². The van der Waals surface area contributed by atoms with Crippen molar-refractivity contribution in [1.82, 2.24) is 10.3 Å². The number of ether oxygens (including phenoxy) is 1. The molecule has 2 aromatic rings. The minimum Gasteiger partial charge on any atom is -0.467 e. The van der Waals surface area contributed by atoms with Crippen LogP contribution in [0.1, 0.15) is 27.5 Å². The van der Waals surface area contributed by atoms with E-state index in [0.717, 1.165) is 11.4 Å². The molecule has 0 aromatic carbocycles. The second kappa shape index (κ2) is 6.15. The fourth-order valence-electron chi connectivity index (χ4n) is 1.71. The Labute approximate surface area is 111 Å². The molecule has 0 aliphatic carbocycles. The van der Waals surface area contributed by atoms with Gasteiger partial charge in [0.05, 0.1) is 24.9 Å². The van der Waals surface area contributed by atoms with Gasteiger partial charge in [-0.05, 0) is 25.1 Å². The Morgan fingerprint density at radius 3 is 3.00 bits per heavy atom. The van der Waals surface area contributed by atoms with Crippen LogP contribution in [0.25, 0.3) is 0 Å². The monoisotopic (exact) mass is 260 g/mol. The van der Waals surface area contributed by atoms with Gasteiger partial charge in [0.25, 0.3) is 0 Å². The lowest BCUT2D eigenvalue weighted by molar-refractivity contribution is 0.0600. The molecule has 0 saturated heterocycles. The number of methoxy groups -OCH3 is 1. The number of nitrogens with zero attached hydrogens (tertiary/aromatic N) is 1. The lowest BCUT2D eigenvalue weighted by Crippen LogP contribution is -2.13. The number of carbonyl (C=O) groups excluding carboxylic acids is 1. The number of aryl methyl sites for hydroxylation is 1. The summed E-state index contributed by atoms with van der Waals surface area (Å²) in [6, 6.07) is 7.56. The van der Waals surface area contributed by atoms with E-state index >= 15 is 0 Å². The van der Waals surface area contributed by atoms with Gasteiger partial charge in [-0.3, -0.25) is 4.98 Å². The van der Waals surface area contributed by atoms with E-state index in [4.69, 9.17) is 4.42 Å². The summed E-state index contributed by atoms with van der Waals surface area (Å²) in [6.45, 7) is 3.14. The van der Waals surface area contributed by atoms with Crippen LogP contribution in [0, 0.1) is 6.92 Å². The molecular weight excluding hydrogens is 244 g/mol. The molecule has 0 bridgehead atoms. The SMILES string of the molecule is COC(=O)c1coc(CNCc2cccc(C)n2)c1. The molecule has 0 saturated carbocycles. The molecule has 2 heterocycles. The van der Waals surface area contributed by atoms with Crippen LogP contribution in [0.3, 0.4) is 0 Å². The summed E-state index contributed by atoms with van der Waals surface area (Å²) in [5.41, 5.74) is 2.39. The summed E-state index contributed by atoms with van der Waals surface area (Å²) < 4.78 is 9.87. The van der Waals surface area contributed by atoms with Gasteiger partial charge in [0.1, 0.15) is 12.0 Å². The van der Waals surface area contributed by atoms with Crippen molar-refractivity contribution in [3.05, 3.63) is 53.2 Å². The first kappa shape index (κ1) is 13.3. The zero-order valence-electron chi connectivity index (χ0n) is 11.0. The Hall–Kier alpha value is -2.14. The van der Waals surface area contributed by atoms with Crippen molar-refractivity contribution < 1.29 is 13.9 Å². The Kier molecular flexibility index (Phi) is 4.30. The zero-order chi connectivity index (χ0) is 13.7. The average molecular weight is 260 g/mol. The van der Waals surface area contributed by atoms with E-state index in [9.17, 15) is 4.79 Å². The molecule has 2 aromatic heterocycles. The van der Waals surface area contributed by atoms with E-state index in [1.807, 2.05) is 25.1 Å². The van der Waals surface area contributed by atoms with Gasteiger partial charge in [-0.2, -0.15) is 0 Å². The molecule has 0 fully saturated rings. The van der Waals surface area contributed by atoms with Crippen molar-refractivity contribution in [2.75, 3.05) is 7.11 Å². The van der Waals surface area contributed by atoms with Gasteiger partial charge in [-0.25, -0.2) is 4.79 Å². The maximum atomic E-state index is 11.2. The number of furan rings is 1. The first-order valence-electron chi connectivity index (χ1n) is 5.98. The highest BCUT2D eigenvalue weighted by molar-refractivity contribution is 5.88. The molecule has 2 rings (SSSR count). The molecule has 0 amide bonds. The van der Waals surface area contributed by atoms with E-state index < -0.39 is 5.97 Å². The van der Waals surface area contributed by atoms with Crippen LogP contribution in [-0.2, 0) is 17.8 Å². The molecule has 1 N–H and O–H groups in total. The molecule has 5 nitrogen and oxygen atoms in total. The number of esters is 1. The fraction of sp³-hybridized carbons (Fsp3) is 0.286. The van der Waals surface area contributed by atoms with Crippen LogP contribution in [0.4, 0.5) is 0 Å². The average Bonchev–Trinajstić information content (AvgIpc) is 2.87. The summed E-state index contributed by atoms with van der Waals surface area (Å²) in [5, 5.41) is 3.21. The Balaban J connectivity index is 1.86. The number of aromatic nitrogens is 1. The number of rotatable bonds is 5. The van der Waals surface area contributed by atoms with E-state index in [1.165, 1.54) is 13.4 Å². The van der Waals surface area contributed by atoms with Crippen LogP contribution < -0.4 is 5.32 Å². The second-order valence-corrected chi connectivity index (χ2v) is 4.17. The van der Waals surface area contributed by atoms with Crippen molar-refractivity contribution in [3.8, 4) is 0 Å². The molecule has 0 aliphatic heterocycles. The van der Waals surface area contributed by atoms with Gasteiger partial charge in [0.15, 0.2) is 0 Å². The molecule has 0 atom stereocenters. The fourth-order valence-corrected chi connectivity index (χ4v) is 1.71. The first-order valence-corrected chi connectivity index (χ1v) is 5.98. The third kappa shape index (κ3) is 3.66. The van der Waals surface area contributed by atoms with E-state index in [2.05, 4.69) is 15.0 Å². The van der Waals surface area contributed by atoms with Crippen LogP contribution in [0.15, 0.2) is 34.9 Å². The van der Waals surface area contributed by atoms with Crippen LogP contribution in [0.2, 0.25) is 0 Å². The molecular formula is C14H16N2O3. The standard InChI is InChI=1S/C14H16N2O3/c1-10-4-3-5-12(16-10)7-15-8-13-6-11(9-19-13)14(17)18-2/h3-6,9,15H,7-8H2,1-2H3. The first-order chi connectivity index (χ1) is 9.19. The second-order valence-electron chi connectivity index (χ2n) is 4.17. The third-order valence-electron chi connectivity index (χ3n) is 2.63. The smallest absolute Gasteiger partial charge is 0.341 e. The molecule has 0 aliphatic rings. The minimum absolute atomic E-state index is 0.393. The molecule has 5 heteroatoms. The summed E-state index contributed by atoms with van der Waals surface area (Å²) in [5.74, 6) is 0.295. The van der Waals surface area contributed by atoms with Gasteiger partial charge in [0, 0.05) is 12.2 Å². The van der Waals surface area contributed by atoms with Crippen molar-refractivity contribution in [1.29, 1.82) is 0 Å². The predicted octanol–water partition coefficient (Wildman–Crippen LogP) is 2.06. The van der Waals surface area contributed by atoms with Crippen LogP contribution in [-0.4, -0.2) is 18.1 Å². The van der Waals surface area contributed by atoms with Gasteiger partial charge in [-0.15, -0.1) is 0 Å². The van der Waals surface area contributed by atoms with Crippen molar-refractivity contribution in [2.45, 2.75) is 20.0 Å². The van der Waals surface area contributed by atoms with E-state index in [1.54, 1.807) is 6.07 Å². The summed E-state index contributed by atoms with van der Waals surface area (Å²) >= 11 is 0. The van der Waals surface area contributed by atoms with Gasteiger partial charge in [-0.1, -0.05) is 6.07 Å². The predicted molar refractivity (Wildman–Crippen MR) is 69.6 cm³/mol. The maximum absolute atomic E-state index is 11.2. The normalized spacial score (nSPS) is 10.4. The summed E-state index contributed by atoms with van der Waals surface area (Å²) in [6.07, 6.45) is 1.40. The molecule has 0 spiro atoms. The molecule has 100 valence electrons. The summed E-state index contributed by atoms with van der Waals surface area (Å²) in [7, 11) is 1.34. The Morgan fingerprint density at radius 2 is 2.26 bits per heavy atom. The highest BCUT2D eigenvalue weighted by atomic mass is 16.5. The lowest BCUT2D eigenvalue weighted by Gasteiger charge is -2.02. The van der Waals surface area contributed by atoms with Gasteiger partial charge < -0.3 is 14.5 Å². The number of carbonyl (C=O) groups is 1. The largest absolute Gasteiger partial charge is 0.467 e. The van der Waals surface area contributed by atoms with Crippen LogP contribution >= 0.6 is 0 Å². The third-order valence-corrected chi connectivity index (χ3v) is 2.63. The van der Waals surface area contributed by atoms with E-state index in [0.29, 0.717) is 24.4 Å². The summed E-state index contributed by atoms with van der Waals surface area (Å²) in [4.78, 5) is 15.6. The highest BCUT2D eigenvalue weighted by Crippen LogP contribution is 2.09. The van der Waals surface area contributed by atoms with Gasteiger partial charge >= 0.3 is 5.97 Å². The number of hydrogen-bond acceptors (Lipinski definition) is 5. The Morgan fingerprint density at radius 1 is 1.42 bits per heavy atom.